The van der Waals surface area contributed by atoms with Gasteiger partial charge in [0.2, 0.25) is 0 Å². The van der Waals surface area contributed by atoms with Crippen LogP contribution >= 0.6 is 11.6 Å². The lowest BCUT2D eigenvalue weighted by Gasteiger charge is -2.06. The van der Waals surface area contributed by atoms with Crippen LogP contribution in [0.2, 0.25) is 5.02 Å². The molecule has 1 aromatic carbocycles. The van der Waals surface area contributed by atoms with E-state index in [1.165, 1.54) is 12.4 Å². The number of nitrogens with one attached hydrogen (secondary N) is 2. The van der Waals surface area contributed by atoms with Gasteiger partial charge in [0.05, 0.1) is 12.8 Å². The number of aromatic nitrogens is 4. The topological polar surface area (TPSA) is 119 Å². The van der Waals surface area contributed by atoms with Gasteiger partial charge in [0.25, 0.3) is 5.91 Å². The van der Waals surface area contributed by atoms with E-state index in [2.05, 4.69) is 25.5 Å². The molecule has 0 atom stereocenters. The average Bonchev–Trinajstić information content (AvgIpc) is 3.03. The largest absolute Gasteiger partial charge is 0.496 e. The van der Waals surface area contributed by atoms with E-state index in [0.29, 0.717) is 22.3 Å². The van der Waals surface area contributed by atoms with Gasteiger partial charge in [-0.3, -0.25) is 9.89 Å². The molecule has 0 aliphatic rings. The zero-order chi connectivity index (χ0) is 17.1. The molecule has 0 aliphatic heterocycles. The molecule has 0 aliphatic carbocycles. The van der Waals surface area contributed by atoms with E-state index in [0.717, 1.165) is 5.56 Å². The second-order valence-electron chi connectivity index (χ2n) is 4.76. The number of rotatable bonds is 4. The summed E-state index contributed by atoms with van der Waals surface area (Å²) in [6.07, 6.45) is 2.79. The Morgan fingerprint density at radius 2 is 2.08 bits per heavy atom. The Morgan fingerprint density at radius 3 is 2.83 bits per heavy atom. The van der Waals surface area contributed by atoms with E-state index >= 15 is 0 Å². The van der Waals surface area contributed by atoms with Crippen molar-refractivity contribution in [2.75, 3.05) is 18.2 Å². The molecule has 3 aromatic rings. The molecule has 1 amide bonds. The van der Waals surface area contributed by atoms with Gasteiger partial charge in [-0.05, 0) is 18.2 Å². The first-order chi connectivity index (χ1) is 11.6. The Kier molecular flexibility index (Phi) is 4.30. The van der Waals surface area contributed by atoms with Crippen LogP contribution in [0.15, 0.2) is 36.7 Å². The van der Waals surface area contributed by atoms with Crippen molar-refractivity contribution in [3.63, 3.8) is 0 Å². The number of halogens is 1. The van der Waals surface area contributed by atoms with Crippen LogP contribution in [0.4, 0.5) is 11.6 Å². The lowest BCUT2D eigenvalue weighted by atomic mass is 10.1. The Balaban J connectivity index is 1.85. The Labute approximate surface area is 142 Å². The number of nitrogen functional groups attached to an aromatic ring is 1. The second-order valence-corrected chi connectivity index (χ2v) is 5.19. The van der Waals surface area contributed by atoms with E-state index < -0.39 is 5.91 Å². The monoisotopic (exact) mass is 344 g/mol. The number of nitrogens with zero attached hydrogens (tertiary/aromatic N) is 3. The quantitative estimate of drug-likeness (QED) is 0.668. The number of ether oxygens (including phenoxy) is 1. The van der Waals surface area contributed by atoms with Gasteiger partial charge in [-0.2, -0.15) is 5.10 Å². The fourth-order valence-electron chi connectivity index (χ4n) is 2.11. The van der Waals surface area contributed by atoms with Crippen LogP contribution in [0.25, 0.3) is 11.3 Å². The number of methoxy groups -OCH3 is 1. The highest BCUT2D eigenvalue weighted by Gasteiger charge is 2.15. The zero-order valence-electron chi connectivity index (χ0n) is 12.6. The first-order valence-electron chi connectivity index (χ1n) is 6.85. The van der Waals surface area contributed by atoms with Gasteiger partial charge in [0.1, 0.15) is 5.75 Å². The van der Waals surface area contributed by atoms with E-state index in [4.69, 9.17) is 22.1 Å². The third kappa shape index (κ3) is 3.13. The summed E-state index contributed by atoms with van der Waals surface area (Å²) < 4.78 is 5.30. The fourth-order valence-corrected chi connectivity index (χ4v) is 2.29. The van der Waals surface area contributed by atoms with Crippen LogP contribution in [0.1, 0.15) is 10.5 Å². The van der Waals surface area contributed by atoms with Gasteiger partial charge >= 0.3 is 0 Å². The van der Waals surface area contributed by atoms with Crippen LogP contribution in [-0.4, -0.2) is 33.2 Å². The summed E-state index contributed by atoms with van der Waals surface area (Å²) in [5, 5.41) is 10.0. The summed E-state index contributed by atoms with van der Waals surface area (Å²) in [7, 11) is 1.56. The number of carbonyl (C=O) groups is 1. The number of nitrogens with two attached hydrogens (primary N) is 1. The number of carbonyl (C=O) groups excluding carboxylic acids is 1. The number of amides is 1. The van der Waals surface area contributed by atoms with E-state index in [1.807, 2.05) is 0 Å². The van der Waals surface area contributed by atoms with Gasteiger partial charge in [-0.15, -0.1) is 0 Å². The SMILES string of the molecule is COc1ccc(Cl)cc1-c1cc(NC(=O)c2nccnc2N)n[nH]1. The molecular formula is C15H13ClN6O2. The van der Waals surface area contributed by atoms with Gasteiger partial charge in [-0.1, -0.05) is 11.6 Å². The molecular weight excluding hydrogens is 332 g/mol. The van der Waals surface area contributed by atoms with Gasteiger partial charge in [0, 0.05) is 29.0 Å². The highest BCUT2D eigenvalue weighted by molar-refractivity contribution is 6.31. The summed E-state index contributed by atoms with van der Waals surface area (Å²) in [5.41, 5.74) is 7.02. The molecule has 0 fully saturated rings. The third-order valence-electron chi connectivity index (χ3n) is 3.21. The number of benzene rings is 1. The van der Waals surface area contributed by atoms with E-state index in [9.17, 15) is 4.79 Å². The van der Waals surface area contributed by atoms with Gasteiger partial charge < -0.3 is 15.8 Å². The lowest BCUT2D eigenvalue weighted by Crippen LogP contribution is -2.16. The average molecular weight is 345 g/mol. The maximum Gasteiger partial charge on any atom is 0.279 e. The van der Waals surface area contributed by atoms with Gasteiger partial charge in [-0.25, -0.2) is 9.97 Å². The minimum absolute atomic E-state index is 0.0300. The van der Waals surface area contributed by atoms with Crippen LogP contribution in [0.5, 0.6) is 5.75 Å². The molecule has 122 valence electrons. The van der Waals surface area contributed by atoms with Crippen molar-refractivity contribution in [2.24, 2.45) is 0 Å². The maximum atomic E-state index is 12.2. The Hall–Kier alpha value is -3.13. The van der Waals surface area contributed by atoms with Crippen LogP contribution in [-0.2, 0) is 0 Å². The summed E-state index contributed by atoms with van der Waals surface area (Å²) >= 11 is 6.02. The zero-order valence-corrected chi connectivity index (χ0v) is 13.3. The molecule has 2 heterocycles. The highest BCUT2D eigenvalue weighted by Crippen LogP contribution is 2.32. The van der Waals surface area contributed by atoms with Crippen LogP contribution in [0.3, 0.4) is 0 Å². The number of hydrogen-bond donors (Lipinski definition) is 3. The van der Waals surface area contributed by atoms with Crippen molar-refractivity contribution < 1.29 is 9.53 Å². The molecule has 0 bridgehead atoms. The van der Waals surface area contributed by atoms with Crippen molar-refractivity contribution in [1.82, 2.24) is 20.2 Å². The number of anilines is 2. The first-order valence-corrected chi connectivity index (χ1v) is 7.23. The Morgan fingerprint density at radius 1 is 1.29 bits per heavy atom. The summed E-state index contributed by atoms with van der Waals surface area (Å²) in [4.78, 5) is 19.9. The minimum Gasteiger partial charge on any atom is -0.496 e. The second kappa shape index (κ2) is 6.55. The molecule has 9 heteroatoms. The molecule has 24 heavy (non-hydrogen) atoms. The number of H-pyrrole nitrogens is 1. The summed E-state index contributed by atoms with van der Waals surface area (Å²) in [5.74, 6) is 0.472. The number of aromatic amines is 1. The van der Waals surface area contributed by atoms with Crippen molar-refractivity contribution in [1.29, 1.82) is 0 Å². The highest BCUT2D eigenvalue weighted by atomic mass is 35.5. The normalized spacial score (nSPS) is 10.4. The van der Waals surface area contributed by atoms with Crippen LogP contribution < -0.4 is 15.8 Å². The number of hydrogen-bond acceptors (Lipinski definition) is 6. The van der Waals surface area contributed by atoms with Crippen molar-refractivity contribution in [3.05, 3.63) is 47.4 Å². The van der Waals surface area contributed by atoms with Gasteiger partial charge in [0.15, 0.2) is 17.3 Å². The van der Waals surface area contributed by atoms with Crippen LogP contribution in [0, 0.1) is 0 Å². The first kappa shape index (κ1) is 15.8. The third-order valence-corrected chi connectivity index (χ3v) is 3.45. The predicted molar refractivity (Wildman–Crippen MR) is 90.0 cm³/mol. The molecule has 8 nitrogen and oxygen atoms in total. The fraction of sp³-hybridized carbons (Fsp3) is 0.0667. The molecule has 4 N–H and O–H groups in total. The summed E-state index contributed by atoms with van der Waals surface area (Å²) in [6.45, 7) is 0. The Bertz CT molecular complexity index is 895. The summed E-state index contributed by atoms with van der Waals surface area (Å²) in [6, 6.07) is 6.86. The van der Waals surface area contributed by atoms with Crippen molar-refractivity contribution in [2.45, 2.75) is 0 Å². The molecule has 0 saturated carbocycles. The standard InChI is InChI=1S/C15H13ClN6O2/c1-24-11-3-2-8(16)6-9(11)10-7-12(22-21-10)20-15(23)13-14(17)19-5-4-18-13/h2-7H,1H3,(H2,17,19)(H2,20,21,22,23). The van der Waals surface area contributed by atoms with Crippen molar-refractivity contribution >= 4 is 29.1 Å². The predicted octanol–water partition coefficient (Wildman–Crippen LogP) is 2.36. The smallest absolute Gasteiger partial charge is 0.279 e. The van der Waals surface area contributed by atoms with E-state index in [1.54, 1.807) is 31.4 Å². The minimum atomic E-state index is -0.503. The lowest BCUT2D eigenvalue weighted by molar-refractivity contribution is 0.102. The molecule has 2 aromatic heterocycles. The molecule has 0 unspecified atom stereocenters. The molecule has 0 saturated heterocycles. The molecule has 0 spiro atoms. The molecule has 3 rings (SSSR count). The van der Waals surface area contributed by atoms with E-state index in [-0.39, 0.29) is 11.5 Å². The maximum absolute atomic E-state index is 12.2. The molecule has 0 radical (unpaired) electrons. The van der Waals surface area contributed by atoms with Crippen molar-refractivity contribution in [3.8, 4) is 17.0 Å².